The highest BCUT2D eigenvalue weighted by Gasteiger charge is 2.04. The minimum atomic E-state index is 0.566. The average molecular weight is 273 g/mol. The zero-order chi connectivity index (χ0) is 13.9. The van der Waals surface area contributed by atoms with Gasteiger partial charge in [-0.25, -0.2) is 14.6 Å². The molecule has 3 rings (SSSR count). The van der Waals surface area contributed by atoms with Crippen LogP contribution in [0, 0.1) is 0 Å². The van der Waals surface area contributed by atoms with Gasteiger partial charge in [0.1, 0.15) is 11.8 Å². The zero-order valence-corrected chi connectivity index (χ0v) is 11.3. The maximum Gasteiger partial charge on any atom is 0.224 e. The lowest BCUT2D eigenvalue weighted by Crippen LogP contribution is -2.17. The molecule has 20 heavy (non-hydrogen) atoms. The molecule has 3 heterocycles. The molecule has 9 heteroatoms. The van der Waals surface area contributed by atoms with Gasteiger partial charge >= 0.3 is 0 Å². The molecule has 0 aliphatic heterocycles. The summed E-state index contributed by atoms with van der Waals surface area (Å²) in [5.41, 5.74) is 1.60. The summed E-state index contributed by atoms with van der Waals surface area (Å²) < 4.78 is 3.56. The smallest absolute Gasteiger partial charge is 0.224 e. The van der Waals surface area contributed by atoms with Gasteiger partial charge < -0.3 is 15.2 Å². The third kappa shape index (κ3) is 2.37. The van der Waals surface area contributed by atoms with E-state index in [1.807, 2.05) is 18.7 Å². The molecule has 9 nitrogen and oxygen atoms in total. The highest BCUT2D eigenvalue weighted by molar-refractivity contribution is 5.70. The van der Waals surface area contributed by atoms with Crippen molar-refractivity contribution in [3.63, 3.8) is 0 Å². The molecule has 0 saturated carbocycles. The molecular formula is C11H15N9. The number of fused-ring (bicyclic) bond motifs is 1. The van der Waals surface area contributed by atoms with Gasteiger partial charge in [-0.15, -0.1) is 0 Å². The summed E-state index contributed by atoms with van der Waals surface area (Å²) >= 11 is 0. The standard InChI is InChI=1S/C11H15N9/c1-19-7-16-9-8(19)5-14-10(18-9)12-3-4-13-11-15-6-17-20(11)2/h5-7H,3-4H2,1-2H3,(H,12,14,18)(H,13,15,17). The molecule has 0 aliphatic rings. The summed E-state index contributed by atoms with van der Waals surface area (Å²) in [6.45, 7) is 1.36. The molecule has 0 aromatic carbocycles. The maximum atomic E-state index is 4.33. The number of imidazole rings is 1. The van der Waals surface area contributed by atoms with Gasteiger partial charge in [0.25, 0.3) is 0 Å². The van der Waals surface area contributed by atoms with Gasteiger partial charge in [0.2, 0.25) is 11.9 Å². The lowest BCUT2D eigenvalue weighted by molar-refractivity contribution is 0.767. The average Bonchev–Trinajstić information content (AvgIpc) is 3.02. The van der Waals surface area contributed by atoms with E-state index >= 15 is 0 Å². The van der Waals surface area contributed by atoms with Crippen LogP contribution in [-0.2, 0) is 14.1 Å². The molecule has 0 atom stereocenters. The van der Waals surface area contributed by atoms with Crippen molar-refractivity contribution < 1.29 is 0 Å². The van der Waals surface area contributed by atoms with Gasteiger partial charge in [0, 0.05) is 27.2 Å². The van der Waals surface area contributed by atoms with E-state index in [1.54, 1.807) is 17.2 Å². The second-order valence-corrected chi connectivity index (χ2v) is 4.32. The highest BCUT2D eigenvalue weighted by atomic mass is 15.4. The Morgan fingerprint density at radius 3 is 2.75 bits per heavy atom. The van der Waals surface area contributed by atoms with Crippen molar-refractivity contribution in [3.05, 3.63) is 18.9 Å². The van der Waals surface area contributed by atoms with Crippen LogP contribution in [0.1, 0.15) is 0 Å². The molecular weight excluding hydrogens is 258 g/mol. The van der Waals surface area contributed by atoms with Gasteiger partial charge in [-0.3, -0.25) is 0 Å². The Kier molecular flexibility index (Phi) is 3.15. The van der Waals surface area contributed by atoms with Gasteiger partial charge in [0.15, 0.2) is 5.65 Å². The molecule has 0 aliphatic carbocycles. The molecule has 0 radical (unpaired) electrons. The topological polar surface area (TPSA) is 98.4 Å². The van der Waals surface area contributed by atoms with Gasteiger partial charge in [-0.1, -0.05) is 0 Å². The van der Waals surface area contributed by atoms with Crippen LogP contribution in [0.25, 0.3) is 11.2 Å². The van der Waals surface area contributed by atoms with Crippen molar-refractivity contribution in [2.75, 3.05) is 23.7 Å². The van der Waals surface area contributed by atoms with Crippen molar-refractivity contribution >= 4 is 23.1 Å². The first-order valence-corrected chi connectivity index (χ1v) is 6.20. The molecule has 2 N–H and O–H groups in total. The molecule has 3 aromatic heterocycles. The molecule has 0 fully saturated rings. The fourth-order valence-electron chi connectivity index (χ4n) is 1.80. The number of rotatable bonds is 5. The predicted octanol–water partition coefficient (Wildman–Crippen LogP) is 0.0158. The first kappa shape index (κ1) is 12.3. The van der Waals surface area contributed by atoms with Crippen LogP contribution in [0.15, 0.2) is 18.9 Å². The van der Waals surface area contributed by atoms with Crippen LogP contribution in [0.3, 0.4) is 0 Å². The summed E-state index contributed by atoms with van der Waals surface area (Å²) in [6, 6.07) is 0. The summed E-state index contributed by atoms with van der Waals surface area (Å²) in [5, 5.41) is 10.3. The monoisotopic (exact) mass is 273 g/mol. The van der Waals surface area contributed by atoms with Crippen molar-refractivity contribution in [1.29, 1.82) is 0 Å². The van der Waals surface area contributed by atoms with E-state index in [2.05, 4.69) is 35.7 Å². The van der Waals surface area contributed by atoms with Crippen LogP contribution in [-0.4, -0.2) is 47.4 Å². The van der Waals surface area contributed by atoms with Gasteiger partial charge in [0.05, 0.1) is 12.5 Å². The number of anilines is 2. The number of aromatic nitrogens is 7. The molecule has 0 saturated heterocycles. The summed E-state index contributed by atoms with van der Waals surface area (Å²) in [6.07, 6.45) is 4.99. The quantitative estimate of drug-likeness (QED) is 0.632. The summed E-state index contributed by atoms with van der Waals surface area (Å²) in [7, 11) is 3.75. The van der Waals surface area contributed by atoms with Gasteiger partial charge in [-0.2, -0.15) is 15.1 Å². The minimum absolute atomic E-state index is 0.566. The number of nitrogens with one attached hydrogen (secondary N) is 2. The fraction of sp³-hybridized carbons (Fsp3) is 0.364. The predicted molar refractivity (Wildman–Crippen MR) is 74.3 cm³/mol. The van der Waals surface area contributed by atoms with Crippen LogP contribution in [0.4, 0.5) is 11.9 Å². The Morgan fingerprint density at radius 2 is 1.95 bits per heavy atom. The molecule has 0 unspecified atom stereocenters. The molecule has 104 valence electrons. The van der Waals surface area contributed by atoms with Crippen molar-refractivity contribution in [1.82, 2.24) is 34.3 Å². The minimum Gasteiger partial charge on any atom is -0.353 e. The van der Waals surface area contributed by atoms with Crippen LogP contribution in [0.2, 0.25) is 0 Å². The second-order valence-electron chi connectivity index (χ2n) is 4.32. The lowest BCUT2D eigenvalue weighted by atomic mass is 10.5. The van der Waals surface area contributed by atoms with E-state index < -0.39 is 0 Å². The largest absolute Gasteiger partial charge is 0.353 e. The van der Waals surface area contributed by atoms with Crippen LogP contribution in [0.5, 0.6) is 0 Å². The number of hydrogen-bond acceptors (Lipinski definition) is 7. The first-order chi connectivity index (χ1) is 9.74. The van der Waals surface area contributed by atoms with E-state index in [-0.39, 0.29) is 0 Å². The zero-order valence-electron chi connectivity index (χ0n) is 11.3. The molecule has 0 bridgehead atoms. The SMILES string of the molecule is Cn1ncnc1NCCNc1ncc2c(ncn2C)n1. The Bertz CT molecular complexity index is 714. The second kappa shape index (κ2) is 5.11. The van der Waals surface area contributed by atoms with E-state index in [4.69, 9.17) is 0 Å². The Morgan fingerprint density at radius 1 is 1.10 bits per heavy atom. The fourth-order valence-corrected chi connectivity index (χ4v) is 1.80. The third-order valence-corrected chi connectivity index (χ3v) is 2.89. The van der Waals surface area contributed by atoms with E-state index in [0.29, 0.717) is 24.7 Å². The number of hydrogen-bond donors (Lipinski definition) is 2. The Balaban J connectivity index is 1.56. The van der Waals surface area contributed by atoms with Gasteiger partial charge in [-0.05, 0) is 0 Å². The number of aryl methyl sites for hydroxylation is 2. The van der Waals surface area contributed by atoms with Crippen LogP contribution < -0.4 is 10.6 Å². The van der Waals surface area contributed by atoms with Crippen molar-refractivity contribution in [3.8, 4) is 0 Å². The Hall–Kier alpha value is -2.71. The Labute approximate surface area is 115 Å². The van der Waals surface area contributed by atoms with Crippen LogP contribution >= 0.6 is 0 Å². The van der Waals surface area contributed by atoms with E-state index in [1.165, 1.54) is 6.33 Å². The highest BCUT2D eigenvalue weighted by Crippen LogP contribution is 2.09. The molecule has 0 spiro atoms. The van der Waals surface area contributed by atoms with E-state index in [0.717, 1.165) is 11.5 Å². The third-order valence-electron chi connectivity index (χ3n) is 2.89. The lowest BCUT2D eigenvalue weighted by Gasteiger charge is -2.06. The number of nitrogens with zero attached hydrogens (tertiary/aromatic N) is 7. The summed E-state index contributed by atoms with van der Waals surface area (Å²) in [4.78, 5) is 16.8. The van der Waals surface area contributed by atoms with E-state index in [9.17, 15) is 0 Å². The molecule has 3 aromatic rings. The normalized spacial score (nSPS) is 10.9. The van der Waals surface area contributed by atoms with Crippen molar-refractivity contribution in [2.24, 2.45) is 14.1 Å². The van der Waals surface area contributed by atoms with Crippen molar-refractivity contribution in [2.45, 2.75) is 0 Å². The maximum absolute atomic E-state index is 4.33. The first-order valence-electron chi connectivity index (χ1n) is 6.20. The molecule has 0 amide bonds. The summed E-state index contributed by atoms with van der Waals surface area (Å²) in [5.74, 6) is 1.30.